The molecule has 1 aromatic carbocycles. The van der Waals surface area contributed by atoms with Crippen molar-refractivity contribution in [2.45, 2.75) is 12.8 Å². The molecule has 0 radical (unpaired) electrons. The first-order valence-corrected chi connectivity index (χ1v) is 6.17. The van der Waals surface area contributed by atoms with E-state index in [1.807, 2.05) is 0 Å². The number of nitrogens with zero attached hydrogens (tertiary/aromatic N) is 1. The van der Waals surface area contributed by atoms with E-state index in [-0.39, 0.29) is 17.8 Å². The van der Waals surface area contributed by atoms with Crippen molar-refractivity contribution in [3.8, 4) is 11.5 Å². The molecule has 0 unspecified atom stereocenters. The van der Waals surface area contributed by atoms with Crippen LogP contribution >= 0.6 is 0 Å². The highest BCUT2D eigenvalue weighted by Gasteiger charge is 2.32. The molecular formula is C13H17N4O3+. The summed E-state index contributed by atoms with van der Waals surface area (Å²) in [6, 6.07) is 5.14. The van der Waals surface area contributed by atoms with Crippen molar-refractivity contribution in [3.05, 3.63) is 23.8 Å². The smallest absolute Gasteiger partial charge is 0.314 e. The summed E-state index contributed by atoms with van der Waals surface area (Å²) in [5.74, 6) is 0.638. The van der Waals surface area contributed by atoms with Gasteiger partial charge in [0.1, 0.15) is 0 Å². The Bertz CT molecular complexity index is 561. The second-order valence-corrected chi connectivity index (χ2v) is 4.42. The molecule has 2 rings (SSSR count). The second-order valence-electron chi connectivity index (χ2n) is 4.42. The molecule has 106 valence electrons. The Balaban J connectivity index is 2.12. The van der Waals surface area contributed by atoms with Gasteiger partial charge in [0.05, 0.1) is 13.0 Å². The number of methoxy groups -OCH3 is 1. The summed E-state index contributed by atoms with van der Waals surface area (Å²) in [6.07, 6.45) is 3.39. The van der Waals surface area contributed by atoms with Crippen LogP contribution in [0.5, 0.6) is 11.5 Å². The average molecular weight is 277 g/mol. The molecular weight excluding hydrogens is 260 g/mol. The van der Waals surface area contributed by atoms with E-state index in [2.05, 4.69) is 10.2 Å². The maximum Gasteiger partial charge on any atom is 0.314 e. The molecule has 7 nitrogen and oxygen atoms in total. The molecule has 0 aromatic heterocycles. The van der Waals surface area contributed by atoms with E-state index in [0.717, 1.165) is 18.4 Å². The molecule has 0 atom stereocenters. The van der Waals surface area contributed by atoms with Gasteiger partial charge in [-0.3, -0.25) is 4.79 Å². The van der Waals surface area contributed by atoms with Crippen LogP contribution < -0.4 is 26.0 Å². The summed E-state index contributed by atoms with van der Waals surface area (Å²) >= 11 is 0. The van der Waals surface area contributed by atoms with Crippen molar-refractivity contribution in [3.63, 3.8) is 0 Å². The molecule has 7 heteroatoms. The standard InChI is InChI=1S/C13H16N4O3/c1-19-11-6-8(7-16-17-13(14)15)2-5-10(11)20-12(18)9-3-4-9/h2,5-7,9H,3-4H2,1H3,(H4,14,15,17)/p+1/b16-7+. The number of carbonyl (C=O) groups excluding carboxylic acids is 1. The van der Waals surface area contributed by atoms with Crippen LogP contribution in [0.4, 0.5) is 0 Å². The second kappa shape index (κ2) is 6.05. The monoisotopic (exact) mass is 277 g/mol. The zero-order chi connectivity index (χ0) is 14.5. The van der Waals surface area contributed by atoms with Crippen LogP contribution in [-0.2, 0) is 4.79 Å². The van der Waals surface area contributed by atoms with Crippen molar-refractivity contribution >= 4 is 18.1 Å². The summed E-state index contributed by atoms with van der Waals surface area (Å²) in [7, 11) is 1.51. The number of hydrogen-bond acceptors (Lipinski definition) is 4. The van der Waals surface area contributed by atoms with Crippen LogP contribution in [0.3, 0.4) is 0 Å². The zero-order valence-electron chi connectivity index (χ0n) is 11.1. The number of ether oxygens (including phenoxy) is 2. The number of rotatable bonds is 5. The third-order valence-electron chi connectivity index (χ3n) is 2.73. The van der Waals surface area contributed by atoms with Gasteiger partial charge >= 0.3 is 5.97 Å². The lowest BCUT2D eigenvalue weighted by atomic mass is 10.2. The van der Waals surface area contributed by atoms with Crippen molar-refractivity contribution in [1.29, 1.82) is 0 Å². The maximum absolute atomic E-state index is 11.6. The summed E-state index contributed by atoms with van der Waals surface area (Å²) in [4.78, 5) is 11.6. The third kappa shape index (κ3) is 3.71. The number of guanidine groups is 1. The molecule has 5 N–H and O–H groups in total. The number of nitrogens with one attached hydrogen (secondary N) is 1. The van der Waals surface area contributed by atoms with Crippen molar-refractivity contribution in [1.82, 2.24) is 0 Å². The molecule has 1 aliphatic carbocycles. The number of hydrogen-bond donors (Lipinski definition) is 3. The Morgan fingerprint density at radius 2 is 2.15 bits per heavy atom. The quantitative estimate of drug-likeness (QED) is 0.203. The summed E-state index contributed by atoms with van der Waals surface area (Å²) in [6.45, 7) is 0. The molecule has 1 aliphatic rings. The molecule has 0 saturated heterocycles. The van der Waals surface area contributed by atoms with Gasteiger partial charge in [-0.1, -0.05) is 0 Å². The van der Waals surface area contributed by atoms with Gasteiger partial charge in [0, 0.05) is 10.7 Å². The number of carbonyl (C=O) groups is 1. The Kier molecular flexibility index (Phi) is 4.19. The highest BCUT2D eigenvalue weighted by atomic mass is 16.6. The number of benzene rings is 1. The molecule has 1 aromatic rings. The molecule has 1 fully saturated rings. The van der Waals surface area contributed by atoms with E-state index in [9.17, 15) is 4.79 Å². The molecule has 0 aliphatic heterocycles. The molecule has 1 saturated carbocycles. The number of esters is 1. The van der Waals surface area contributed by atoms with Gasteiger partial charge < -0.3 is 20.9 Å². The molecule has 0 amide bonds. The van der Waals surface area contributed by atoms with E-state index >= 15 is 0 Å². The highest BCUT2D eigenvalue weighted by Crippen LogP contribution is 2.33. The van der Waals surface area contributed by atoms with E-state index in [0.29, 0.717) is 11.5 Å². The van der Waals surface area contributed by atoms with Gasteiger partial charge in [-0.2, -0.15) is 0 Å². The predicted molar refractivity (Wildman–Crippen MR) is 73.3 cm³/mol. The van der Waals surface area contributed by atoms with E-state index in [1.54, 1.807) is 24.4 Å². The molecule has 0 heterocycles. The van der Waals surface area contributed by atoms with Gasteiger partial charge in [0.25, 0.3) is 5.96 Å². The van der Waals surface area contributed by atoms with Crippen LogP contribution in [0.1, 0.15) is 18.4 Å². The first kappa shape index (κ1) is 13.9. The predicted octanol–water partition coefficient (Wildman–Crippen LogP) is -1.30. The minimum absolute atomic E-state index is 0.0366. The van der Waals surface area contributed by atoms with Crippen LogP contribution in [0, 0.1) is 5.92 Å². The first-order valence-electron chi connectivity index (χ1n) is 6.17. The van der Waals surface area contributed by atoms with E-state index < -0.39 is 0 Å². The Hall–Kier alpha value is -2.57. The summed E-state index contributed by atoms with van der Waals surface area (Å²) in [5.41, 5.74) is 11.2. The van der Waals surface area contributed by atoms with Crippen LogP contribution in [0.15, 0.2) is 23.3 Å². The SMILES string of the molecule is COc1cc(/C=[NH+]/N=C(N)N)ccc1OC(=O)C1CC1. The van der Waals surface area contributed by atoms with Crippen LogP contribution in [0.2, 0.25) is 0 Å². The van der Waals surface area contributed by atoms with Gasteiger partial charge in [0.2, 0.25) is 6.21 Å². The minimum Gasteiger partial charge on any atom is -0.493 e. The topological polar surface area (TPSA) is 114 Å². The summed E-state index contributed by atoms with van der Waals surface area (Å²) in [5, 5.41) is 6.21. The lowest BCUT2D eigenvalue weighted by molar-refractivity contribution is -0.456. The number of hydrazone groups is 1. The van der Waals surface area contributed by atoms with Crippen molar-refractivity contribution in [2.24, 2.45) is 22.5 Å². The van der Waals surface area contributed by atoms with Crippen LogP contribution in [0.25, 0.3) is 0 Å². The van der Waals surface area contributed by atoms with Crippen molar-refractivity contribution in [2.75, 3.05) is 7.11 Å². The molecule has 0 bridgehead atoms. The zero-order valence-corrected chi connectivity index (χ0v) is 11.1. The fourth-order valence-corrected chi connectivity index (χ4v) is 1.55. The van der Waals surface area contributed by atoms with Crippen molar-refractivity contribution < 1.29 is 19.4 Å². The third-order valence-corrected chi connectivity index (χ3v) is 2.73. The van der Waals surface area contributed by atoms with Gasteiger partial charge in [-0.15, -0.1) is 5.10 Å². The lowest BCUT2D eigenvalue weighted by Crippen LogP contribution is -2.63. The largest absolute Gasteiger partial charge is 0.493 e. The highest BCUT2D eigenvalue weighted by molar-refractivity contribution is 5.80. The van der Waals surface area contributed by atoms with Crippen LogP contribution in [-0.4, -0.2) is 25.3 Å². The fourth-order valence-electron chi connectivity index (χ4n) is 1.55. The summed E-state index contributed by atoms with van der Waals surface area (Å²) < 4.78 is 10.5. The Morgan fingerprint density at radius 1 is 1.40 bits per heavy atom. The van der Waals surface area contributed by atoms with Gasteiger partial charge in [-0.05, 0) is 31.0 Å². The number of nitrogens with two attached hydrogens (primary N) is 2. The molecule has 20 heavy (non-hydrogen) atoms. The van der Waals surface area contributed by atoms with Gasteiger partial charge in [0.15, 0.2) is 11.5 Å². The Labute approximate surface area is 116 Å². The minimum atomic E-state index is -0.210. The fraction of sp³-hybridized carbons (Fsp3) is 0.308. The van der Waals surface area contributed by atoms with E-state index in [4.69, 9.17) is 20.9 Å². The van der Waals surface area contributed by atoms with Gasteiger partial charge in [-0.25, -0.2) is 0 Å². The average Bonchev–Trinajstić information content (AvgIpc) is 3.24. The van der Waals surface area contributed by atoms with E-state index in [1.165, 1.54) is 7.11 Å². The normalized spacial score (nSPS) is 14.1. The lowest BCUT2D eigenvalue weighted by Gasteiger charge is -2.08. The Morgan fingerprint density at radius 3 is 2.75 bits per heavy atom. The molecule has 0 spiro atoms. The maximum atomic E-state index is 11.6. The first-order chi connectivity index (χ1) is 9.60.